The third-order valence-electron chi connectivity index (χ3n) is 5.19. The van der Waals surface area contributed by atoms with Crippen LogP contribution in [0.1, 0.15) is 16.7 Å². The molecule has 3 rings (SSSR count). The van der Waals surface area contributed by atoms with Crippen molar-refractivity contribution in [3.63, 3.8) is 0 Å². The van der Waals surface area contributed by atoms with Gasteiger partial charge in [0.15, 0.2) is 0 Å². The summed E-state index contributed by atoms with van der Waals surface area (Å²) in [5.41, 5.74) is 3.08. The van der Waals surface area contributed by atoms with E-state index in [9.17, 15) is 9.59 Å². The SMILES string of the molecule is CNC(=O)[C@@H](Cc1ccccc1)N(Cc1ccc(Br)cc1)C(=O)CSCc1ccc(Cl)cc1. The number of amides is 2. The van der Waals surface area contributed by atoms with Gasteiger partial charge in [0.1, 0.15) is 6.04 Å². The van der Waals surface area contributed by atoms with Gasteiger partial charge >= 0.3 is 0 Å². The molecule has 33 heavy (non-hydrogen) atoms. The topological polar surface area (TPSA) is 49.4 Å². The molecule has 0 spiro atoms. The lowest BCUT2D eigenvalue weighted by atomic mass is 10.0. The summed E-state index contributed by atoms with van der Waals surface area (Å²) in [5, 5.41) is 3.43. The lowest BCUT2D eigenvalue weighted by molar-refractivity contribution is -0.139. The van der Waals surface area contributed by atoms with Crippen molar-refractivity contribution < 1.29 is 9.59 Å². The van der Waals surface area contributed by atoms with Crippen LogP contribution in [0, 0.1) is 0 Å². The Morgan fingerprint density at radius 3 is 2.21 bits per heavy atom. The van der Waals surface area contributed by atoms with Crippen LogP contribution >= 0.6 is 39.3 Å². The molecule has 1 atom stereocenters. The molecule has 0 aliphatic carbocycles. The van der Waals surface area contributed by atoms with E-state index in [2.05, 4.69) is 21.2 Å². The molecule has 0 fully saturated rings. The Bertz CT molecular complexity index is 1050. The maximum Gasteiger partial charge on any atom is 0.242 e. The van der Waals surface area contributed by atoms with Crippen molar-refractivity contribution in [2.24, 2.45) is 0 Å². The van der Waals surface area contributed by atoms with E-state index in [-0.39, 0.29) is 17.6 Å². The van der Waals surface area contributed by atoms with Crippen molar-refractivity contribution >= 4 is 51.1 Å². The van der Waals surface area contributed by atoms with E-state index in [1.807, 2.05) is 78.9 Å². The predicted molar refractivity (Wildman–Crippen MR) is 140 cm³/mol. The first kappa shape index (κ1) is 25.3. The first-order valence-electron chi connectivity index (χ1n) is 10.6. The summed E-state index contributed by atoms with van der Waals surface area (Å²) in [6.45, 7) is 0.360. The molecule has 172 valence electrons. The fourth-order valence-electron chi connectivity index (χ4n) is 3.43. The van der Waals surface area contributed by atoms with Gasteiger partial charge in [-0.3, -0.25) is 9.59 Å². The standard InChI is InChI=1S/C26H26BrClN2O2S/c1-29-26(32)24(15-19-5-3-2-4-6-19)30(16-20-7-11-22(27)12-8-20)25(31)18-33-17-21-9-13-23(28)14-10-21/h2-14,24H,15-18H2,1H3,(H,29,32)/t24-/m1/s1. The quantitative estimate of drug-likeness (QED) is 0.354. The maximum atomic E-state index is 13.4. The molecule has 0 saturated heterocycles. The van der Waals surface area contributed by atoms with Crippen LogP contribution in [-0.2, 0) is 28.3 Å². The van der Waals surface area contributed by atoms with Gasteiger partial charge in [0.2, 0.25) is 11.8 Å². The molecule has 3 aromatic carbocycles. The highest BCUT2D eigenvalue weighted by molar-refractivity contribution is 9.10. The molecule has 0 saturated carbocycles. The number of carbonyl (C=O) groups excluding carboxylic acids is 2. The van der Waals surface area contributed by atoms with Crippen molar-refractivity contribution in [3.8, 4) is 0 Å². The van der Waals surface area contributed by atoms with Crippen molar-refractivity contribution in [1.82, 2.24) is 10.2 Å². The zero-order valence-corrected chi connectivity index (χ0v) is 21.5. The number of thioether (sulfide) groups is 1. The number of nitrogens with zero attached hydrogens (tertiary/aromatic N) is 1. The monoisotopic (exact) mass is 544 g/mol. The molecule has 0 aliphatic heterocycles. The van der Waals surface area contributed by atoms with Gasteiger partial charge in [-0.25, -0.2) is 0 Å². The van der Waals surface area contributed by atoms with E-state index in [1.54, 1.807) is 11.9 Å². The first-order chi connectivity index (χ1) is 16.0. The highest BCUT2D eigenvalue weighted by Crippen LogP contribution is 2.20. The number of likely N-dealkylation sites (N-methyl/N-ethyl adjacent to an activating group) is 1. The van der Waals surface area contributed by atoms with Gasteiger partial charge in [-0.1, -0.05) is 82.1 Å². The summed E-state index contributed by atoms with van der Waals surface area (Å²) in [6, 6.07) is 24.6. The van der Waals surface area contributed by atoms with Crippen LogP contribution in [0.3, 0.4) is 0 Å². The second-order valence-electron chi connectivity index (χ2n) is 7.59. The van der Waals surface area contributed by atoms with E-state index < -0.39 is 6.04 Å². The molecule has 2 amide bonds. The molecule has 0 aliphatic rings. The Balaban J connectivity index is 1.79. The second kappa shape index (κ2) is 12.8. The fourth-order valence-corrected chi connectivity index (χ4v) is 4.69. The summed E-state index contributed by atoms with van der Waals surface area (Å²) < 4.78 is 0.967. The van der Waals surface area contributed by atoms with Crippen molar-refractivity contribution in [1.29, 1.82) is 0 Å². The largest absolute Gasteiger partial charge is 0.357 e. The second-order valence-corrected chi connectivity index (χ2v) is 9.92. The zero-order valence-electron chi connectivity index (χ0n) is 18.3. The molecular weight excluding hydrogens is 520 g/mol. The summed E-state index contributed by atoms with van der Waals surface area (Å²) in [6.07, 6.45) is 0.449. The third-order valence-corrected chi connectivity index (χ3v) is 6.96. The minimum absolute atomic E-state index is 0.0681. The lowest BCUT2D eigenvalue weighted by Crippen LogP contribution is -2.50. The molecule has 7 heteroatoms. The predicted octanol–water partition coefficient (Wildman–Crippen LogP) is 5.72. The lowest BCUT2D eigenvalue weighted by Gasteiger charge is -2.31. The van der Waals surface area contributed by atoms with E-state index in [4.69, 9.17) is 11.6 Å². The van der Waals surface area contributed by atoms with Crippen LogP contribution in [0.2, 0.25) is 5.02 Å². The van der Waals surface area contributed by atoms with Crippen LogP contribution in [0.5, 0.6) is 0 Å². The fraction of sp³-hybridized carbons (Fsp3) is 0.231. The molecule has 3 aromatic rings. The molecular formula is C26H26BrClN2O2S. The van der Waals surface area contributed by atoms with Crippen molar-refractivity contribution in [3.05, 3.63) is 105 Å². The summed E-state index contributed by atoms with van der Waals surface area (Å²) in [5.74, 6) is 0.730. The van der Waals surface area contributed by atoms with Crippen LogP contribution in [0.4, 0.5) is 0 Å². The van der Waals surface area contributed by atoms with Gasteiger partial charge in [-0.15, -0.1) is 11.8 Å². The third kappa shape index (κ3) is 7.91. The minimum Gasteiger partial charge on any atom is -0.357 e. The van der Waals surface area contributed by atoms with Gasteiger partial charge in [-0.2, -0.15) is 0 Å². The Kier molecular flexibility index (Phi) is 9.85. The van der Waals surface area contributed by atoms with Crippen LogP contribution in [0.15, 0.2) is 83.3 Å². The average Bonchev–Trinajstić information content (AvgIpc) is 2.83. The van der Waals surface area contributed by atoms with Crippen LogP contribution < -0.4 is 5.32 Å². The molecule has 0 unspecified atom stereocenters. The molecule has 0 heterocycles. The first-order valence-corrected chi connectivity index (χ1v) is 12.9. The van der Waals surface area contributed by atoms with Gasteiger partial charge in [0, 0.05) is 35.3 Å². The van der Waals surface area contributed by atoms with Crippen LogP contribution in [-0.4, -0.2) is 35.6 Å². The molecule has 4 nitrogen and oxygen atoms in total. The Morgan fingerprint density at radius 2 is 1.58 bits per heavy atom. The molecule has 0 aromatic heterocycles. The normalized spacial score (nSPS) is 11.6. The van der Waals surface area contributed by atoms with E-state index in [0.717, 1.165) is 21.2 Å². The number of rotatable bonds is 10. The van der Waals surface area contributed by atoms with Gasteiger partial charge in [0.05, 0.1) is 5.75 Å². The summed E-state index contributed by atoms with van der Waals surface area (Å²) >= 11 is 10.9. The van der Waals surface area contributed by atoms with E-state index in [0.29, 0.717) is 23.7 Å². The van der Waals surface area contributed by atoms with E-state index in [1.165, 1.54) is 11.8 Å². The average molecular weight is 546 g/mol. The van der Waals surface area contributed by atoms with Gasteiger partial charge < -0.3 is 10.2 Å². The molecule has 1 N–H and O–H groups in total. The number of carbonyl (C=O) groups is 2. The van der Waals surface area contributed by atoms with Crippen molar-refractivity contribution in [2.75, 3.05) is 12.8 Å². The van der Waals surface area contributed by atoms with Gasteiger partial charge in [-0.05, 0) is 41.0 Å². The molecule has 0 radical (unpaired) electrons. The van der Waals surface area contributed by atoms with E-state index >= 15 is 0 Å². The number of hydrogen-bond donors (Lipinski definition) is 1. The number of halogens is 2. The Morgan fingerprint density at radius 1 is 0.939 bits per heavy atom. The summed E-state index contributed by atoms with van der Waals surface area (Å²) in [4.78, 5) is 28.0. The maximum absolute atomic E-state index is 13.4. The number of nitrogens with one attached hydrogen (secondary N) is 1. The van der Waals surface area contributed by atoms with Gasteiger partial charge in [0.25, 0.3) is 0 Å². The zero-order chi connectivity index (χ0) is 23.6. The summed E-state index contributed by atoms with van der Waals surface area (Å²) in [7, 11) is 1.61. The highest BCUT2D eigenvalue weighted by Gasteiger charge is 2.29. The Hall–Kier alpha value is -2.28. The van der Waals surface area contributed by atoms with Crippen LogP contribution in [0.25, 0.3) is 0 Å². The number of hydrogen-bond acceptors (Lipinski definition) is 3. The number of benzene rings is 3. The Labute approximate surface area is 212 Å². The minimum atomic E-state index is -0.607. The van der Waals surface area contributed by atoms with Crippen molar-refractivity contribution in [2.45, 2.75) is 24.8 Å². The smallest absolute Gasteiger partial charge is 0.242 e. The molecule has 0 bridgehead atoms. The highest BCUT2D eigenvalue weighted by atomic mass is 79.9.